The summed E-state index contributed by atoms with van der Waals surface area (Å²) in [4.78, 5) is 13.8. The number of carbonyl (C=O) groups is 1. The normalized spacial score (nSPS) is 19.6. The predicted molar refractivity (Wildman–Crippen MR) is 77.0 cm³/mol. The average molecular weight is 271 g/mol. The van der Waals surface area contributed by atoms with E-state index in [9.17, 15) is 9.90 Å². The van der Waals surface area contributed by atoms with Crippen molar-refractivity contribution in [1.29, 1.82) is 0 Å². The number of nitrogens with zero attached hydrogens (tertiary/aromatic N) is 1. The van der Waals surface area contributed by atoms with Crippen LogP contribution in [0.25, 0.3) is 0 Å². The van der Waals surface area contributed by atoms with Gasteiger partial charge >= 0.3 is 0 Å². The topological polar surface area (TPSA) is 64.6 Å². The molecule has 0 saturated carbocycles. The average Bonchev–Trinajstić information content (AvgIpc) is 2.29. The van der Waals surface area contributed by atoms with E-state index < -0.39 is 0 Å². The van der Waals surface area contributed by atoms with Crippen LogP contribution < -0.4 is 10.6 Å². The minimum Gasteiger partial charge on any atom is -0.392 e. The van der Waals surface area contributed by atoms with E-state index in [2.05, 4.69) is 15.5 Å². The van der Waals surface area contributed by atoms with Crippen LogP contribution in [0.2, 0.25) is 0 Å². The molecule has 5 nitrogen and oxygen atoms in total. The van der Waals surface area contributed by atoms with Crippen molar-refractivity contribution >= 4 is 5.91 Å². The van der Waals surface area contributed by atoms with Crippen LogP contribution >= 0.6 is 0 Å². The highest BCUT2D eigenvalue weighted by molar-refractivity contribution is 5.78. The van der Waals surface area contributed by atoms with Crippen molar-refractivity contribution in [2.24, 2.45) is 5.92 Å². The Bertz CT molecular complexity index is 261. The molecule has 0 aliphatic carbocycles. The number of likely N-dealkylation sites (tertiary alicyclic amines) is 1. The zero-order valence-electron chi connectivity index (χ0n) is 12.5. The van der Waals surface area contributed by atoms with E-state index in [-0.39, 0.29) is 18.1 Å². The number of amides is 1. The van der Waals surface area contributed by atoms with E-state index in [1.54, 1.807) is 0 Å². The van der Waals surface area contributed by atoms with Gasteiger partial charge in [0, 0.05) is 12.6 Å². The fourth-order valence-corrected chi connectivity index (χ4v) is 2.51. The Morgan fingerprint density at radius 1 is 1.32 bits per heavy atom. The maximum atomic E-state index is 11.5. The van der Waals surface area contributed by atoms with Gasteiger partial charge in [-0.1, -0.05) is 0 Å². The minimum absolute atomic E-state index is 0.0709. The Morgan fingerprint density at radius 3 is 2.47 bits per heavy atom. The number of hydrogen-bond acceptors (Lipinski definition) is 4. The van der Waals surface area contributed by atoms with E-state index in [0.717, 1.165) is 39.0 Å². The number of carbonyl (C=O) groups excluding carboxylic acids is 1. The number of aliphatic hydroxyl groups excluding tert-OH is 1. The molecule has 1 heterocycles. The summed E-state index contributed by atoms with van der Waals surface area (Å²) in [6.07, 6.45) is 2.05. The van der Waals surface area contributed by atoms with E-state index in [4.69, 9.17) is 0 Å². The van der Waals surface area contributed by atoms with Gasteiger partial charge in [-0.05, 0) is 59.2 Å². The van der Waals surface area contributed by atoms with Crippen LogP contribution in [-0.4, -0.2) is 60.8 Å². The van der Waals surface area contributed by atoms with Crippen molar-refractivity contribution in [2.45, 2.75) is 45.8 Å². The van der Waals surface area contributed by atoms with Gasteiger partial charge in [-0.3, -0.25) is 4.79 Å². The van der Waals surface area contributed by atoms with Gasteiger partial charge in [-0.2, -0.15) is 0 Å². The smallest absolute Gasteiger partial charge is 0.234 e. The number of β-amino-alcohol motifs (C(OH)–C–C–N with tert-alkyl or cyclic N) is 1. The van der Waals surface area contributed by atoms with Crippen molar-refractivity contribution in [3.8, 4) is 0 Å². The van der Waals surface area contributed by atoms with Crippen LogP contribution in [0, 0.1) is 5.92 Å². The highest BCUT2D eigenvalue weighted by atomic mass is 16.3. The third-order valence-electron chi connectivity index (χ3n) is 3.40. The van der Waals surface area contributed by atoms with Crippen LogP contribution in [0.3, 0.4) is 0 Å². The SMILES string of the molecule is CC(C)NC(=O)CNCC1CCN(C[C@H](C)O)CC1. The lowest BCUT2D eigenvalue weighted by molar-refractivity contribution is -0.120. The maximum absolute atomic E-state index is 11.5. The minimum atomic E-state index is -0.241. The van der Waals surface area contributed by atoms with Crippen LogP contribution in [-0.2, 0) is 4.79 Å². The molecule has 19 heavy (non-hydrogen) atoms. The maximum Gasteiger partial charge on any atom is 0.234 e. The predicted octanol–water partition coefficient (Wildman–Crippen LogP) is 0.193. The third-order valence-corrected chi connectivity index (χ3v) is 3.40. The Kier molecular flexibility index (Phi) is 7.34. The number of hydrogen-bond donors (Lipinski definition) is 3. The summed E-state index contributed by atoms with van der Waals surface area (Å²) in [5.74, 6) is 0.721. The molecule has 3 N–H and O–H groups in total. The fraction of sp³-hybridized carbons (Fsp3) is 0.929. The molecule has 1 aliphatic rings. The van der Waals surface area contributed by atoms with Crippen LogP contribution in [0.4, 0.5) is 0 Å². The van der Waals surface area contributed by atoms with Gasteiger partial charge in [-0.15, -0.1) is 0 Å². The van der Waals surface area contributed by atoms with Crippen LogP contribution in [0.5, 0.6) is 0 Å². The number of aliphatic hydroxyl groups is 1. The molecule has 112 valence electrons. The first-order chi connectivity index (χ1) is 8.97. The molecule has 0 radical (unpaired) electrons. The number of rotatable bonds is 7. The van der Waals surface area contributed by atoms with Gasteiger partial charge in [0.1, 0.15) is 0 Å². The van der Waals surface area contributed by atoms with Gasteiger partial charge in [0.05, 0.1) is 12.6 Å². The molecule has 1 aliphatic heterocycles. The monoisotopic (exact) mass is 271 g/mol. The van der Waals surface area contributed by atoms with Gasteiger partial charge < -0.3 is 20.6 Å². The van der Waals surface area contributed by atoms with E-state index >= 15 is 0 Å². The summed E-state index contributed by atoms with van der Waals surface area (Å²) in [6.45, 7) is 9.97. The second-order valence-electron chi connectivity index (χ2n) is 5.95. The molecule has 0 aromatic rings. The molecular weight excluding hydrogens is 242 g/mol. The summed E-state index contributed by atoms with van der Waals surface area (Å²) in [7, 11) is 0. The summed E-state index contributed by atoms with van der Waals surface area (Å²) in [6, 6.07) is 0.206. The summed E-state index contributed by atoms with van der Waals surface area (Å²) < 4.78 is 0. The molecule has 1 rings (SSSR count). The number of nitrogens with one attached hydrogen (secondary N) is 2. The largest absolute Gasteiger partial charge is 0.392 e. The molecule has 0 bridgehead atoms. The Labute approximate surface area is 116 Å². The molecule has 0 aromatic carbocycles. The highest BCUT2D eigenvalue weighted by Gasteiger charge is 2.19. The molecule has 0 spiro atoms. The number of piperidine rings is 1. The summed E-state index contributed by atoms with van der Waals surface area (Å²) >= 11 is 0. The van der Waals surface area contributed by atoms with Gasteiger partial charge in [0.2, 0.25) is 5.91 Å². The van der Waals surface area contributed by atoms with Gasteiger partial charge in [0.25, 0.3) is 0 Å². The summed E-state index contributed by atoms with van der Waals surface area (Å²) in [5.41, 5.74) is 0. The Balaban J connectivity index is 2.08. The first-order valence-electron chi connectivity index (χ1n) is 7.38. The lowest BCUT2D eigenvalue weighted by atomic mass is 9.96. The Morgan fingerprint density at radius 2 is 1.95 bits per heavy atom. The molecule has 1 atom stereocenters. The molecule has 1 saturated heterocycles. The third kappa shape index (κ3) is 7.50. The molecule has 0 unspecified atom stereocenters. The summed E-state index contributed by atoms with van der Waals surface area (Å²) in [5, 5.41) is 15.5. The lowest BCUT2D eigenvalue weighted by Crippen LogP contribution is -2.42. The molecule has 0 aromatic heterocycles. The highest BCUT2D eigenvalue weighted by Crippen LogP contribution is 2.16. The van der Waals surface area contributed by atoms with Crippen molar-refractivity contribution in [3.63, 3.8) is 0 Å². The van der Waals surface area contributed by atoms with E-state index in [1.165, 1.54) is 0 Å². The van der Waals surface area contributed by atoms with Crippen LogP contribution in [0.1, 0.15) is 33.6 Å². The molecule has 1 fully saturated rings. The molecular formula is C14H29N3O2. The lowest BCUT2D eigenvalue weighted by Gasteiger charge is -2.32. The molecule has 5 heteroatoms. The van der Waals surface area contributed by atoms with Gasteiger partial charge in [-0.25, -0.2) is 0 Å². The zero-order valence-corrected chi connectivity index (χ0v) is 12.5. The van der Waals surface area contributed by atoms with Crippen molar-refractivity contribution < 1.29 is 9.90 Å². The van der Waals surface area contributed by atoms with E-state index in [0.29, 0.717) is 12.5 Å². The van der Waals surface area contributed by atoms with Crippen LogP contribution in [0.15, 0.2) is 0 Å². The Hall–Kier alpha value is -0.650. The van der Waals surface area contributed by atoms with Crippen molar-refractivity contribution in [3.05, 3.63) is 0 Å². The molecule has 1 amide bonds. The van der Waals surface area contributed by atoms with Gasteiger partial charge in [0.15, 0.2) is 0 Å². The first kappa shape index (κ1) is 16.4. The van der Waals surface area contributed by atoms with Crippen molar-refractivity contribution in [2.75, 3.05) is 32.7 Å². The second-order valence-corrected chi connectivity index (χ2v) is 5.95. The van der Waals surface area contributed by atoms with Crippen molar-refractivity contribution in [1.82, 2.24) is 15.5 Å². The zero-order chi connectivity index (χ0) is 14.3. The standard InChI is InChI=1S/C14H29N3O2/c1-11(2)16-14(19)9-15-8-13-4-6-17(7-5-13)10-12(3)18/h11-13,15,18H,4-10H2,1-3H3,(H,16,19)/t12-/m0/s1. The van der Waals surface area contributed by atoms with E-state index in [1.807, 2.05) is 20.8 Å². The first-order valence-corrected chi connectivity index (χ1v) is 7.38. The second kappa shape index (κ2) is 8.51. The quantitative estimate of drug-likeness (QED) is 0.619. The fourth-order valence-electron chi connectivity index (χ4n) is 2.51.